The van der Waals surface area contributed by atoms with E-state index >= 15 is 0 Å². The van der Waals surface area contributed by atoms with Crippen LogP contribution < -0.4 is 16.8 Å². The van der Waals surface area contributed by atoms with E-state index in [1.165, 1.54) is 12.1 Å². The highest BCUT2D eigenvalue weighted by molar-refractivity contribution is 6.01. The van der Waals surface area contributed by atoms with Crippen molar-refractivity contribution in [2.24, 2.45) is 5.73 Å². The van der Waals surface area contributed by atoms with Crippen LogP contribution in [-0.2, 0) is 0 Å². The molecule has 2 rings (SSSR count). The van der Waals surface area contributed by atoms with Crippen LogP contribution in [0.1, 0.15) is 10.4 Å². The molecule has 1 amide bonds. The summed E-state index contributed by atoms with van der Waals surface area (Å²) in [6.45, 7) is 0. The summed E-state index contributed by atoms with van der Waals surface area (Å²) >= 11 is 0. The number of nitrogens with one attached hydrogen (secondary N) is 1. The number of anilines is 3. The van der Waals surface area contributed by atoms with Crippen LogP contribution in [0.25, 0.3) is 0 Å². The normalized spacial score (nSPS) is 10.2. The number of hydrogen-bond acceptors (Lipinski definition) is 3. The zero-order chi connectivity index (χ0) is 14.0. The first-order valence-corrected chi connectivity index (χ1v) is 5.39. The lowest BCUT2D eigenvalue weighted by Gasteiger charge is -2.12. The maximum absolute atomic E-state index is 13.5. The van der Waals surface area contributed by atoms with E-state index in [4.69, 9.17) is 11.5 Å². The van der Waals surface area contributed by atoms with Gasteiger partial charge in [0.15, 0.2) is 0 Å². The molecule has 4 nitrogen and oxygen atoms in total. The van der Waals surface area contributed by atoms with Crippen molar-refractivity contribution in [1.29, 1.82) is 0 Å². The molecule has 0 atom stereocenters. The molecule has 0 bridgehead atoms. The van der Waals surface area contributed by atoms with E-state index in [0.717, 1.165) is 12.1 Å². The Hall–Kier alpha value is -2.63. The van der Waals surface area contributed by atoms with Crippen LogP contribution in [-0.4, -0.2) is 5.91 Å². The molecule has 2 aromatic carbocycles. The van der Waals surface area contributed by atoms with Gasteiger partial charge in [0, 0.05) is 6.07 Å². The lowest BCUT2D eigenvalue weighted by molar-refractivity contribution is 0.100. The SMILES string of the molecule is NC(=O)c1cccc(Nc2ccc(F)cc2F)c1N. The molecule has 0 fully saturated rings. The number of primary amides is 1. The number of para-hydroxylation sites is 1. The number of nitrogens with two attached hydrogens (primary N) is 2. The van der Waals surface area contributed by atoms with Gasteiger partial charge in [0.1, 0.15) is 11.6 Å². The Morgan fingerprint density at radius 1 is 1.11 bits per heavy atom. The second kappa shape index (κ2) is 4.93. The van der Waals surface area contributed by atoms with Gasteiger partial charge in [0.2, 0.25) is 0 Å². The molecule has 98 valence electrons. The van der Waals surface area contributed by atoms with E-state index in [0.29, 0.717) is 5.69 Å². The predicted molar refractivity (Wildman–Crippen MR) is 69.0 cm³/mol. The van der Waals surface area contributed by atoms with Crippen molar-refractivity contribution >= 4 is 23.0 Å². The van der Waals surface area contributed by atoms with Crippen LogP contribution >= 0.6 is 0 Å². The zero-order valence-corrected chi connectivity index (χ0v) is 9.78. The van der Waals surface area contributed by atoms with E-state index in [1.807, 2.05) is 0 Å². The first kappa shape index (κ1) is 12.8. The average molecular weight is 263 g/mol. The van der Waals surface area contributed by atoms with E-state index in [-0.39, 0.29) is 16.9 Å². The Morgan fingerprint density at radius 2 is 1.84 bits per heavy atom. The molecule has 0 aromatic heterocycles. The molecule has 5 N–H and O–H groups in total. The highest BCUT2D eigenvalue weighted by Gasteiger charge is 2.11. The summed E-state index contributed by atoms with van der Waals surface area (Å²) in [6.07, 6.45) is 0. The largest absolute Gasteiger partial charge is 0.396 e. The molecule has 0 unspecified atom stereocenters. The Morgan fingerprint density at radius 3 is 2.47 bits per heavy atom. The van der Waals surface area contributed by atoms with E-state index in [9.17, 15) is 13.6 Å². The van der Waals surface area contributed by atoms with Crippen LogP contribution in [0.3, 0.4) is 0 Å². The molecule has 19 heavy (non-hydrogen) atoms. The van der Waals surface area contributed by atoms with Crippen molar-refractivity contribution < 1.29 is 13.6 Å². The number of rotatable bonds is 3. The Labute approximate surface area is 108 Å². The molecule has 0 aliphatic carbocycles. The van der Waals surface area contributed by atoms with Crippen molar-refractivity contribution in [1.82, 2.24) is 0 Å². The third kappa shape index (κ3) is 2.62. The number of carbonyl (C=O) groups is 1. The van der Waals surface area contributed by atoms with Gasteiger partial charge < -0.3 is 16.8 Å². The van der Waals surface area contributed by atoms with E-state index in [1.54, 1.807) is 12.1 Å². The van der Waals surface area contributed by atoms with Crippen LogP contribution in [0.5, 0.6) is 0 Å². The Bertz CT molecular complexity index is 644. The molecule has 0 radical (unpaired) electrons. The van der Waals surface area contributed by atoms with Gasteiger partial charge in [0.05, 0.1) is 22.6 Å². The third-order valence-corrected chi connectivity index (χ3v) is 2.57. The molecule has 0 heterocycles. The van der Waals surface area contributed by atoms with Gasteiger partial charge in [-0.1, -0.05) is 6.07 Å². The molecular weight excluding hydrogens is 252 g/mol. The first-order chi connectivity index (χ1) is 8.99. The van der Waals surface area contributed by atoms with E-state index in [2.05, 4.69) is 5.32 Å². The Balaban J connectivity index is 2.38. The standard InChI is InChI=1S/C13H11F2N3O/c14-7-4-5-10(9(15)6-7)18-11-3-1-2-8(12(11)16)13(17)19/h1-6,18H,16H2,(H2,17,19). The number of hydrogen-bond donors (Lipinski definition) is 3. The second-order valence-corrected chi connectivity index (χ2v) is 3.88. The molecule has 0 saturated carbocycles. The third-order valence-electron chi connectivity index (χ3n) is 2.57. The van der Waals surface area contributed by atoms with Crippen LogP contribution in [0, 0.1) is 11.6 Å². The molecule has 6 heteroatoms. The molecule has 0 aliphatic rings. The van der Waals surface area contributed by atoms with Gasteiger partial charge in [-0.2, -0.15) is 0 Å². The molecular formula is C13H11F2N3O. The second-order valence-electron chi connectivity index (χ2n) is 3.88. The molecule has 0 saturated heterocycles. The monoisotopic (exact) mass is 263 g/mol. The highest BCUT2D eigenvalue weighted by atomic mass is 19.1. The summed E-state index contributed by atoms with van der Waals surface area (Å²) in [5, 5.41) is 2.69. The van der Waals surface area contributed by atoms with Crippen LogP contribution in [0.15, 0.2) is 36.4 Å². The maximum Gasteiger partial charge on any atom is 0.250 e. The lowest BCUT2D eigenvalue weighted by atomic mass is 10.1. The van der Waals surface area contributed by atoms with Gasteiger partial charge in [-0.3, -0.25) is 4.79 Å². The molecule has 0 spiro atoms. The van der Waals surface area contributed by atoms with Crippen molar-refractivity contribution in [3.63, 3.8) is 0 Å². The fourth-order valence-corrected chi connectivity index (χ4v) is 1.63. The topological polar surface area (TPSA) is 81.1 Å². The summed E-state index contributed by atoms with van der Waals surface area (Å²) in [5.74, 6) is -2.12. The minimum absolute atomic E-state index is 0.0507. The summed E-state index contributed by atoms with van der Waals surface area (Å²) in [5.41, 5.74) is 11.5. The number of amides is 1. The smallest absolute Gasteiger partial charge is 0.250 e. The predicted octanol–water partition coefficient (Wildman–Crippen LogP) is 2.39. The number of benzene rings is 2. The van der Waals surface area contributed by atoms with Gasteiger partial charge in [-0.25, -0.2) is 8.78 Å². The van der Waals surface area contributed by atoms with Gasteiger partial charge in [0.25, 0.3) is 5.91 Å². The highest BCUT2D eigenvalue weighted by Crippen LogP contribution is 2.27. The summed E-state index contributed by atoms with van der Waals surface area (Å²) in [4.78, 5) is 11.1. The van der Waals surface area contributed by atoms with Crippen molar-refractivity contribution in [3.8, 4) is 0 Å². The quantitative estimate of drug-likeness (QED) is 0.744. The minimum atomic E-state index is -0.760. The van der Waals surface area contributed by atoms with Crippen LogP contribution in [0.2, 0.25) is 0 Å². The van der Waals surface area contributed by atoms with Crippen molar-refractivity contribution in [3.05, 3.63) is 53.6 Å². The van der Waals surface area contributed by atoms with Gasteiger partial charge >= 0.3 is 0 Å². The van der Waals surface area contributed by atoms with Crippen LogP contribution in [0.4, 0.5) is 25.8 Å². The van der Waals surface area contributed by atoms with Gasteiger partial charge in [-0.15, -0.1) is 0 Å². The summed E-state index contributed by atoms with van der Waals surface area (Å²) in [7, 11) is 0. The van der Waals surface area contributed by atoms with Crippen molar-refractivity contribution in [2.75, 3.05) is 11.1 Å². The van der Waals surface area contributed by atoms with Crippen molar-refractivity contribution in [2.45, 2.75) is 0 Å². The summed E-state index contributed by atoms with van der Waals surface area (Å²) in [6, 6.07) is 7.67. The number of nitrogen functional groups attached to an aromatic ring is 1. The first-order valence-electron chi connectivity index (χ1n) is 5.39. The fraction of sp³-hybridized carbons (Fsp3) is 0. The summed E-state index contributed by atoms with van der Waals surface area (Å²) < 4.78 is 26.3. The molecule has 2 aromatic rings. The van der Waals surface area contributed by atoms with Gasteiger partial charge in [-0.05, 0) is 24.3 Å². The van der Waals surface area contributed by atoms with E-state index < -0.39 is 17.5 Å². The minimum Gasteiger partial charge on any atom is -0.396 e. The maximum atomic E-state index is 13.5. The zero-order valence-electron chi connectivity index (χ0n) is 9.78. The molecule has 0 aliphatic heterocycles. The lowest BCUT2D eigenvalue weighted by Crippen LogP contribution is -2.14. The number of halogens is 2. The fourth-order valence-electron chi connectivity index (χ4n) is 1.63. The number of carbonyl (C=O) groups excluding carboxylic acids is 1. The Kier molecular flexibility index (Phi) is 3.33. The average Bonchev–Trinajstić information content (AvgIpc) is 2.34.